The Morgan fingerprint density at radius 1 is 1.47 bits per heavy atom. The molecule has 0 fully saturated rings. The molecule has 3 N–H and O–H groups in total. The molecule has 102 valence electrons. The van der Waals surface area contributed by atoms with Gasteiger partial charge in [-0.1, -0.05) is 0 Å². The molecule has 0 bridgehead atoms. The van der Waals surface area contributed by atoms with Crippen LogP contribution in [0.2, 0.25) is 0 Å². The molecular formula is C11H13N3O5. The Morgan fingerprint density at radius 2 is 2.11 bits per heavy atom. The number of nitrogens with two attached hydrogens (primary N) is 1. The van der Waals surface area contributed by atoms with Crippen molar-refractivity contribution in [1.29, 1.82) is 0 Å². The summed E-state index contributed by atoms with van der Waals surface area (Å²) in [5, 5.41) is 19.7. The van der Waals surface area contributed by atoms with Gasteiger partial charge < -0.3 is 15.7 Å². The Hall–Kier alpha value is -2.64. The van der Waals surface area contributed by atoms with E-state index < -0.39 is 28.1 Å². The van der Waals surface area contributed by atoms with Crippen LogP contribution in [0.25, 0.3) is 0 Å². The fourth-order valence-corrected chi connectivity index (χ4v) is 1.62. The van der Waals surface area contributed by atoms with Crippen molar-refractivity contribution >= 4 is 23.3 Å². The number of hydrogen-bond acceptors (Lipinski definition) is 5. The van der Waals surface area contributed by atoms with Gasteiger partial charge >= 0.3 is 5.97 Å². The van der Waals surface area contributed by atoms with Gasteiger partial charge in [0.05, 0.1) is 11.5 Å². The smallest absolute Gasteiger partial charge is 0.342 e. The molecule has 0 saturated heterocycles. The van der Waals surface area contributed by atoms with E-state index in [0.29, 0.717) is 12.2 Å². The number of carbonyl (C=O) groups excluding carboxylic acids is 1. The Labute approximate surface area is 108 Å². The fraction of sp³-hybridized carbons (Fsp3) is 0.273. The molecule has 0 aliphatic rings. The van der Waals surface area contributed by atoms with Crippen molar-refractivity contribution in [3.63, 3.8) is 0 Å². The van der Waals surface area contributed by atoms with Crippen molar-refractivity contribution in [3.8, 4) is 0 Å². The van der Waals surface area contributed by atoms with Gasteiger partial charge in [-0.25, -0.2) is 4.79 Å². The van der Waals surface area contributed by atoms with Gasteiger partial charge in [0.1, 0.15) is 5.56 Å². The van der Waals surface area contributed by atoms with E-state index in [1.54, 1.807) is 6.92 Å². The molecule has 0 unspecified atom stereocenters. The Morgan fingerprint density at radius 3 is 2.53 bits per heavy atom. The van der Waals surface area contributed by atoms with E-state index >= 15 is 0 Å². The monoisotopic (exact) mass is 267 g/mol. The molecule has 0 aliphatic heterocycles. The number of aromatic carboxylic acids is 1. The summed E-state index contributed by atoms with van der Waals surface area (Å²) in [5.41, 5.74) is 4.53. The summed E-state index contributed by atoms with van der Waals surface area (Å²) in [4.78, 5) is 33.3. The highest BCUT2D eigenvalue weighted by molar-refractivity contribution is 5.93. The van der Waals surface area contributed by atoms with Gasteiger partial charge in [0.25, 0.3) is 5.69 Å². The number of carboxylic acid groups (broad SMARTS) is 1. The quantitative estimate of drug-likeness (QED) is 0.574. The van der Waals surface area contributed by atoms with Gasteiger partial charge in [-0.05, 0) is 19.1 Å². The van der Waals surface area contributed by atoms with Crippen LogP contribution in [0.5, 0.6) is 0 Å². The minimum Gasteiger partial charge on any atom is -0.477 e. The molecule has 1 amide bonds. The second-order valence-corrected chi connectivity index (χ2v) is 3.74. The minimum atomic E-state index is -1.38. The topological polar surface area (TPSA) is 127 Å². The lowest BCUT2D eigenvalue weighted by molar-refractivity contribution is -0.385. The van der Waals surface area contributed by atoms with Gasteiger partial charge in [0.15, 0.2) is 0 Å². The summed E-state index contributed by atoms with van der Waals surface area (Å²) in [6.45, 7) is 2.06. The van der Waals surface area contributed by atoms with Gasteiger partial charge in [-0.15, -0.1) is 0 Å². The van der Waals surface area contributed by atoms with Gasteiger partial charge in [0, 0.05) is 18.3 Å². The van der Waals surface area contributed by atoms with E-state index in [-0.39, 0.29) is 6.54 Å². The zero-order valence-electron chi connectivity index (χ0n) is 10.2. The van der Waals surface area contributed by atoms with Crippen LogP contribution in [-0.4, -0.2) is 35.0 Å². The van der Waals surface area contributed by atoms with Crippen molar-refractivity contribution in [2.24, 2.45) is 5.73 Å². The number of nitro benzene ring substituents is 1. The van der Waals surface area contributed by atoms with E-state index in [0.717, 1.165) is 12.1 Å². The van der Waals surface area contributed by atoms with Crippen molar-refractivity contribution in [2.75, 3.05) is 18.0 Å². The minimum absolute atomic E-state index is 0.0972. The highest BCUT2D eigenvalue weighted by atomic mass is 16.6. The molecule has 19 heavy (non-hydrogen) atoms. The van der Waals surface area contributed by atoms with Crippen LogP contribution < -0.4 is 10.6 Å². The lowest BCUT2D eigenvalue weighted by atomic mass is 10.1. The lowest BCUT2D eigenvalue weighted by Gasteiger charge is -2.21. The summed E-state index contributed by atoms with van der Waals surface area (Å²) in [7, 11) is 0. The number of likely N-dealkylation sites (N-methyl/N-ethyl adjacent to an activating group) is 1. The second-order valence-electron chi connectivity index (χ2n) is 3.74. The summed E-state index contributed by atoms with van der Waals surface area (Å²) >= 11 is 0. The first-order valence-electron chi connectivity index (χ1n) is 5.41. The maximum atomic E-state index is 10.9. The Kier molecular flexibility index (Phi) is 4.41. The predicted octanol–water partition coefficient (Wildman–Crippen LogP) is 0.605. The van der Waals surface area contributed by atoms with Crippen molar-refractivity contribution in [1.82, 2.24) is 0 Å². The molecular weight excluding hydrogens is 254 g/mol. The molecule has 0 atom stereocenters. The molecule has 8 nitrogen and oxygen atoms in total. The van der Waals surface area contributed by atoms with Crippen LogP contribution in [0.4, 0.5) is 11.4 Å². The van der Waals surface area contributed by atoms with Gasteiger partial charge in [-0.3, -0.25) is 14.9 Å². The van der Waals surface area contributed by atoms with Crippen LogP contribution in [0.15, 0.2) is 18.2 Å². The third kappa shape index (κ3) is 3.41. The van der Waals surface area contributed by atoms with E-state index in [2.05, 4.69) is 0 Å². The Balaban J connectivity index is 3.24. The zero-order valence-corrected chi connectivity index (χ0v) is 10.2. The summed E-state index contributed by atoms with van der Waals surface area (Å²) < 4.78 is 0. The van der Waals surface area contributed by atoms with Crippen LogP contribution in [0.3, 0.4) is 0 Å². The van der Waals surface area contributed by atoms with E-state index in [9.17, 15) is 19.7 Å². The first-order chi connectivity index (χ1) is 8.86. The normalized spacial score (nSPS) is 9.95. The maximum absolute atomic E-state index is 10.9. The van der Waals surface area contributed by atoms with E-state index in [1.807, 2.05) is 0 Å². The first-order valence-corrected chi connectivity index (χ1v) is 5.41. The van der Waals surface area contributed by atoms with Gasteiger partial charge in [-0.2, -0.15) is 0 Å². The third-order valence-electron chi connectivity index (χ3n) is 2.50. The number of anilines is 1. The number of carboxylic acids is 1. The number of carbonyl (C=O) groups is 2. The van der Waals surface area contributed by atoms with Crippen LogP contribution >= 0.6 is 0 Å². The molecule has 0 radical (unpaired) electrons. The number of amides is 1. The van der Waals surface area contributed by atoms with E-state index in [4.69, 9.17) is 10.8 Å². The number of benzene rings is 1. The third-order valence-corrected chi connectivity index (χ3v) is 2.50. The molecule has 1 aromatic carbocycles. The van der Waals surface area contributed by atoms with Crippen molar-refractivity contribution < 1.29 is 19.6 Å². The lowest BCUT2D eigenvalue weighted by Crippen LogP contribution is -2.33. The molecule has 0 spiro atoms. The van der Waals surface area contributed by atoms with E-state index in [1.165, 1.54) is 11.0 Å². The van der Waals surface area contributed by atoms with Crippen LogP contribution in [-0.2, 0) is 4.79 Å². The van der Waals surface area contributed by atoms with Gasteiger partial charge in [0.2, 0.25) is 5.91 Å². The first kappa shape index (κ1) is 14.4. The maximum Gasteiger partial charge on any atom is 0.342 e. The average Bonchev–Trinajstić information content (AvgIpc) is 2.34. The van der Waals surface area contributed by atoms with Crippen molar-refractivity contribution in [2.45, 2.75) is 6.92 Å². The summed E-state index contributed by atoms with van der Waals surface area (Å²) in [5.74, 6) is -1.96. The molecule has 1 aromatic rings. The number of nitrogens with zero attached hydrogens (tertiary/aromatic N) is 2. The highest BCUT2D eigenvalue weighted by Crippen LogP contribution is 2.25. The van der Waals surface area contributed by atoms with Crippen LogP contribution in [0.1, 0.15) is 17.3 Å². The summed E-state index contributed by atoms with van der Waals surface area (Å²) in [6, 6.07) is 3.66. The highest BCUT2D eigenvalue weighted by Gasteiger charge is 2.21. The number of rotatable bonds is 6. The van der Waals surface area contributed by atoms with Crippen LogP contribution in [0, 0.1) is 10.1 Å². The molecule has 1 rings (SSSR count). The molecule has 0 aromatic heterocycles. The zero-order chi connectivity index (χ0) is 14.6. The summed E-state index contributed by atoms with van der Waals surface area (Å²) in [6.07, 6.45) is 0. The second kappa shape index (κ2) is 5.80. The molecule has 0 saturated carbocycles. The Bertz CT molecular complexity index is 529. The number of hydrogen-bond donors (Lipinski definition) is 2. The molecule has 8 heteroatoms. The number of primary amides is 1. The van der Waals surface area contributed by atoms with Crippen molar-refractivity contribution in [3.05, 3.63) is 33.9 Å². The molecule has 0 heterocycles. The number of nitro groups is 1. The average molecular weight is 267 g/mol. The standard InChI is InChI=1S/C11H13N3O5/c1-2-13(6-10(12)15)7-3-4-8(11(16)17)9(5-7)14(18)19/h3-5H,2,6H2,1H3,(H2,12,15)(H,16,17). The largest absolute Gasteiger partial charge is 0.477 e. The predicted molar refractivity (Wildman–Crippen MR) is 67.1 cm³/mol. The molecule has 0 aliphatic carbocycles. The fourth-order valence-electron chi connectivity index (χ4n) is 1.62. The SMILES string of the molecule is CCN(CC(N)=O)c1ccc(C(=O)O)c([N+](=O)[O-])c1.